The van der Waals surface area contributed by atoms with E-state index < -0.39 is 6.10 Å². The lowest BCUT2D eigenvalue weighted by atomic mass is 10.1. The Morgan fingerprint density at radius 1 is 1.47 bits per heavy atom. The van der Waals surface area contributed by atoms with E-state index in [0.29, 0.717) is 13.1 Å². The summed E-state index contributed by atoms with van der Waals surface area (Å²) in [6.07, 6.45) is -0.503. The van der Waals surface area contributed by atoms with Gasteiger partial charge in [0.1, 0.15) is 5.75 Å². The van der Waals surface area contributed by atoms with Crippen LogP contribution in [0.3, 0.4) is 0 Å². The first-order chi connectivity index (χ1) is 8.21. The van der Waals surface area contributed by atoms with E-state index in [9.17, 15) is 5.11 Å². The van der Waals surface area contributed by atoms with E-state index >= 15 is 0 Å². The van der Waals surface area contributed by atoms with E-state index in [2.05, 4.69) is 11.8 Å². The van der Waals surface area contributed by atoms with Crippen LogP contribution in [0.25, 0.3) is 0 Å². The van der Waals surface area contributed by atoms with Gasteiger partial charge in [0, 0.05) is 19.6 Å². The van der Waals surface area contributed by atoms with E-state index in [1.165, 1.54) is 0 Å². The van der Waals surface area contributed by atoms with Gasteiger partial charge in [-0.15, -0.1) is 0 Å². The number of benzene rings is 1. The summed E-state index contributed by atoms with van der Waals surface area (Å²) in [6.45, 7) is 4.96. The minimum atomic E-state index is -0.503. The molecular formula is C13H22N2O2. The Balaban J connectivity index is 2.64. The largest absolute Gasteiger partial charge is 0.497 e. The Morgan fingerprint density at radius 3 is 2.82 bits per heavy atom. The molecule has 1 rings (SSSR count). The molecule has 1 aromatic rings. The third kappa shape index (κ3) is 4.34. The van der Waals surface area contributed by atoms with Crippen LogP contribution in [0, 0.1) is 0 Å². The van der Waals surface area contributed by atoms with Crippen LogP contribution in [0.5, 0.6) is 5.75 Å². The van der Waals surface area contributed by atoms with Gasteiger partial charge in [-0.1, -0.05) is 19.1 Å². The molecule has 17 heavy (non-hydrogen) atoms. The first kappa shape index (κ1) is 14.0. The smallest absolute Gasteiger partial charge is 0.119 e. The molecule has 96 valence electrons. The van der Waals surface area contributed by atoms with Gasteiger partial charge in [0.15, 0.2) is 0 Å². The monoisotopic (exact) mass is 238 g/mol. The highest BCUT2D eigenvalue weighted by atomic mass is 16.5. The zero-order chi connectivity index (χ0) is 12.7. The van der Waals surface area contributed by atoms with Gasteiger partial charge in [0.25, 0.3) is 0 Å². The Hall–Kier alpha value is -1.10. The fourth-order valence-electron chi connectivity index (χ4n) is 1.76. The maximum atomic E-state index is 10.1. The quantitative estimate of drug-likeness (QED) is 0.744. The second-order valence-corrected chi connectivity index (χ2v) is 3.97. The number of aliphatic hydroxyl groups is 1. The fraction of sp³-hybridized carbons (Fsp3) is 0.538. The number of hydrogen-bond donors (Lipinski definition) is 2. The van der Waals surface area contributed by atoms with Crippen molar-refractivity contribution in [3.8, 4) is 5.75 Å². The van der Waals surface area contributed by atoms with E-state index in [4.69, 9.17) is 10.5 Å². The highest BCUT2D eigenvalue weighted by Crippen LogP contribution is 2.19. The summed E-state index contributed by atoms with van der Waals surface area (Å²) in [5.74, 6) is 0.767. The van der Waals surface area contributed by atoms with Crippen LogP contribution in [-0.2, 0) is 0 Å². The molecule has 0 bridgehead atoms. The average Bonchev–Trinajstić information content (AvgIpc) is 2.38. The van der Waals surface area contributed by atoms with Gasteiger partial charge in [-0.05, 0) is 24.2 Å². The van der Waals surface area contributed by atoms with Gasteiger partial charge in [-0.2, -0.15) is 0 Å². The predicted octanol–water partition coefficient (Wildman–Crippen LogP) is 1.01. The van der Waals surface area contributed by atoms with Gasteiger partial charge in [0.2, 0.25) is 0 Å². The van der Waals surface area contributed by atoms with Gasteiger partial charge in [0.05, 0.1) is 13.2 Å². The summed E-state index contributed by atoms with van der Waals surface area (Å²) in [4.78, 5) is 2.13. The molecule has 0 fully saturated rings. The molecule has 1 atom stereocenters. The van der Waals surface area contributed by atoms with E-state index in [-0.39, 0.29) is 0 Å². The Bertz CT molecular complexity index is 331. The molecule has 1 unspecified atom stereocenters. The van der Waals surface area contributed by atoms with Crippen LogP contribution in [0.4, 0.5) is 0 Å². The average molecular weight is 238 g/mol. The Kier molecular flexibility index (Phi) is 5.97. The third-order valence-electron chi connectivity index (χ3n) is 2.80. The Labute approximate surface area is 103 Å². The number of hydrogen-bond acceptors (Lipinski definition) is 4. The highest BCUT2D eigenvalue weighted by molar-refractivity contribution is 5.29. The van der Waals surface area contributed by atoms with E-state index in [0.717, 1.165) is 24.4 Å². The van der Waals surface area contributed by atoms with Crippen molar-refractivity contribution in [3.05, 3.63) is 29.8 Å². The van der Waals surface area contributed by atoms with Crippen LogP contribution in [-0.4, -0.2) is 43.3 Å². The maximum absolute atomic E-state index is 10.1. The van der Waals surface area contributed by atoms with Crippen molar-refractivity contribution in [3.63, 3.8) is 0 Å². The van der Waals surface area contributed by atoms with Crippen molar-refractivity contribution < 1.29 is 9.84 Å². The summed E-state index contributed by atoms with van der Waals surface area (Å²) in [7, 11) is 1.62. The maximum Gasteiger partial charge on any atom is 0.119 e. The Morgan fingerprint density at radius 2 is 2.24 bits per heavy atom. The summed E-state index contributed by atoms with van der Waals surface area (Å²) in [5, 5.41) is 10.1. The molecule has 0 aliphatic heterocycles. The molecule has 1 aromatic carbocycles. The number of rotatable bonds is 7. The standard InChI is InChI=1S/C13H22N2O2/c1-3-15(8-7-14)10-13(16)11-5-4-6-12(9-11)17-2/h4-6,9,13,16H,3,7-8,10,14H2,1-2H3. The fourth-order valence-corrected chi connectivity index (χ4v) is 1.76. The number of nitrogens with zero attached hydrogens (tertiary/aromatic N) is 1. The van der Waals surface area contributed by atoms with Crippen molar-refractivity contribution in [2.24, 2.45) is 5.73 Å². The first-order valence-electron chi connectivity index (χ1n) is 5.95. The number of methoxy groups -OCH3 is 1. The van der Waals surface area contributed by atoms with Crippen LogP contribution < -0.4 is 10.5 Å². The SMILES string of the molecule is CCN(CCN)CC(O)c1cccc(OC)c1. The number of ether oxygens (including phenoxy) is 1. The zero-order valence-corrected chi connectivity index (χ0v) is 10.6. The van der Waals surface area contributed by atoms with Gasteiger partial charge in [-0.25, -0.2) is 0 Å². The van der Waals surface area contributed by atoms with Crippen molar-refractivity contribution in [2.45, 2.75) is 13.0 Å². The zero-order valence-electron chi connectivity index (χ0n) is 10.6. The second-order valence-electron chi connectivity index (χ2n) is 3.97. The van der Waals surface area contributed by atoms with Crippen LogP contribution in [0.15, 0.2) is 24.3 Å². The number of likely N-dealkylation sites (N-methyl/N-ethyl adjacent to an activating group) is 1. The van der Waals surface area contributed by atoms with E-state index in [1.54, 1.807) is 7.11 Å². The molecule has 0 aromatic heterocycles. The molecule has 0 amide bonds. The topological polar surface area (TPSA) is 58.7 Å². The van der Waals surface area contributed by atoms with E-state index in [1.807, 2.05) is 24.3 Å². The molecule has 3 N–H and O–H groups in total. The molecular weight excluding hydrogens is 216 g/mol. The molecule has 0 saturated carbocycles. The van der Waals surface area contributed by atoms with Gasteiger partial charge >= 0.3 is 0 Å². The molecule has 0 heterocycles. The molecule has 4 heteroatoms. The second kappa shape index (κ2) is 7.27. The first-order valence-corrected chi connectivity index (χ1v) is 5.95. The van der Waals surface area contributed by atoms with Crippen molar-refractivity contribution in [1.82, 2.24) is 4.90 Å². The molecule has 0 aliphatic rings. The lowest BCUT2D eigenvalue weighted by molar-refractivity contribution is 0.117. The van der Waals surface area contributed by atoms with Gasteiger partial charge in [-0.3, -0.25) is 4.90 Å². The normalized spacial score (nSPS) is 12.8. The minimum absolute atomic E-state index is 0.503. The predicted molar refractivity (Wildman–Crippen MR) is 69.1 cm³/mol. The minimum Gasteiger partial charge on any atom is -0.497 e. The molecule has 4 nitrogen and oxygen atoms in total. The van der Waals surface area contributed by atoms with Crippen LogP contribution >= 0.6 is 0 Å². The van der Waals surface area contributed by atoms with Crippen LogP contribution in [0.2, 0.25) is 0 Å². The summed E-state index contributed by atoms with van der Waals surface area (Å²) in [5.41, 5.74) is 6.40. The molecule has 0 spiro atoms. The van der Waals surface area contributed by atoms with Crippen molar-refractivity contribution in [1.29, 1.82) is 0 Å². The van der Waals surface area contributed by atoms with Crippen molar-refractivity contribution in [2.75, 3.05) is 33.3 Å². The molecule has 0 radical (unpaired) electrons. The molecule has 0 saturated heterocycles. The lowest BCUT2D eigenvalue weighted by Gasteiger charge is -2.23. The highest BCUT2D eigenvalue weighted by Gasteiger charge is 2.12. The molecule has 0 aliphatic carbocycles. The lowest BCUT2D eigenvalue weighted by Crippen LogP contribution is -2.33. The summed E-state index contributed by atoms with van der Waals surface area (Å²) >= 11 is 0. The van der Waals surface area contributed by atoms with Crippen LogP contribution in [0.1, 0.15) is 18.6 Å². The number of aliphatic hydroxyl groups excluding tert-OH is 1. The van der Waals surface area contributed by atoms with Crippen molar-refractivity contribution >= 4 is 0 Å². The number of nitrogens with two attached hydrogens (primary N) is 1. The summed E-state index contributed by atoms with van der Waals surface area (Å²) in [6, 6.07) is 7.52. The third-order valence-corrected chi connectivity index (χ3v) is 2.80. The van der Waals surface area contributed by atoms with Gasteiger partial charge < -0.3 is 15.6 Å². The summed E-state index contributed by atoms with van der Waals surface area (Å²) < 4.78 is 5.14.